The number of rotatable bonds is 2. The van der Waals surface area contributed by atoms with Gasteiger partial charge in [-0.2, -0.15) is 5.26 Å². The van der Waals surface area contributed by atoms with Crippen LogP contribution < -0.4 is 0 Å². The highest BCUT2D eigenvalue weighted by molar-refractivity contribution is 5.89. The summed E-state index contributed by atoms with van der Waals surface area (Å²) in [6, 6.07) is 12.2. The Morgan fingerprint density at radius 1 is 1.33 bits per heavy atom. The molecule has 94 valence electrons. The van der Waals surface area contributed by atoms with Gasteiger partial charge in [-0.1, -0.05) is 50.1 Å². The molecule has 1 aromatic carbocycles. The highest BCUT2D eigenvalue weighted by atomic mass is 16.1. The molecule has 2 rings (SSSR count). The fourth-order valence-electron chi connectivity index (χ4n) is 2.87. The smallest absolute Gasteiger partial charge is 0.156 e. The minimum atomic E-state index is -0.794. The zero-order valence-electron chi connectivity index (χ0n) is 10.9. The molecule has 18 heavy (non-hydrogen) atoms. The predicted molar refractivity (Wildman–Crippen MR) is 70.8 cm³/mol. The van der Waals surface area contributed by atoms with Gasteiger partial charge in [0.15, 0.2) is 5.78 Å². The van der Waals surface area contributed by atoms with E-state index in [9.17, 15) is 10.1 Å². The Morgan fingerprint density at radius 2 is 2.06 bits per heavy atom. The number of carbonyl (C=O) groups is 1. The first-order chi connectivity index (χ1) is 8.68. The third-order valence-corrected chi connectivity index (χ3v) is 3.97. The maximum Gasteiger partial charge on any atom is 0.156 e. The first kappa shape index (κ1) is 12.8. The van der Waals surface area contributed by atoms with E-state index in [-0.39, 0.29) is 11.7 Å². The van der Waals surface area contributed by atoms with Gasteiger partial charge in [0, 0.05) is 5.92 Å². The van der Waals surface area contributed by atoms with E-state index >= 15 is 0 Å². The molecular weight excluding hydrogens is 222 g/mol. The van der Waals surface area contributed by atoms with Crippen LogP contribution in [0, 0.1) is 22.7 Å². The van der Waals surface area contributed by atoms with Gasteiger partial charge in [-0.25, -0.2) is 0 Å². The molecule has 1 aliphatic rings. The topological polar surface area (TPSA) is 40.9 Å². The average molecular weight is 241 g/mol. The summed E-state index contributed by atoms with van der Waals surface area (Å²) in [4.78, 5) is 12.5. The fourth-order valence-corrected chi connectivity index (χ4v) is 2.87. The zero-order chi connectivity index (χ0) is 13.0. The van der Waals surface area contributed by atoms with Crippen LogP contribution in [0.3, 0.4) is 0 Å². The number of nitrogens with zero attached hydrogens (tertiary/aromatic N) is 1. The van der Waals surface area contributed by atoms with Gasteiger partial charge < -0.3 is 0 Å². The predicted octanol–water partition coefficient (Wildman–Crippen LogP) is 3.52. The Balaban J connectivity index is 2.29. The van der Waals surface area contributed by atoms with Crippen molar-refractivity contribution in [3.63, 3.8) is 0 Å². The van der Waals surface area contributed by atoms with Crippen LogP contribution in [0.2, 0.25) is 0 Å². The van der Waals surface area contributed by atoms with Crippen LogP contribution >= 0.6 is 0 Å². The molecule has 1 aliphatic carbocycles. The third kappa shape index (κ3) is 2.46. The first-order valence-electron chi connectivity index (χ1n) is 6.67. The monoisotopic (exact) mass is 241 g/mol. The van der Waals surface area contributed by atoms with E-state index in [0.717, 1.165) is 24.8 Å². The van der Waals surface area contributed by atoms with Crippen molar-refractivity contribution in [1.29, 1.82) is 5.26 Å². The Hall–Kier alpha value is -1.62. The number of carbonyl (C=O) groups excluding carboxylic acids is 1. The number of hydrogen-bond acceptors (Lipinski definition) is 2. The Labute approximate surface area is 109 Å². The minimum absolute atomic E-state index is 0.0239. The SMILES string of the molecule is C[C@@H]1CCCC[C@@](C#N)(Cc2ccccc2)C1=O. The van der Waals surface area contributed by atoms with Crippen molar-refractivity contribution >= 4 is 5.78 Å². The first-order valence-corrected chi connectivity index (χ1v) is 6.67. The molecule has 0 saturated heterocycles. The van der Waals surface area contributed by atoms with Gasteiger partial charge in [-0.15, -0.1) is 0 Å². The lowest BCUT2D eigenvalue weighted by Crippen LogP contribution is -2.34. The average Bonchev–Trinajstić information content (AvgIpc) is 2.54. The van der Waals surface area contributed by atoms with Crippen LogP contribution in [0.1, 0.15) is 38.2 Å². The van der Waals surface area contributed by atoms with Crippen molar-refractivity contribution in [2.45, 2.75) is 39.0 Å². The number of ketones is 1. The lowest BCUT2D eigenvalue weighted by Gasteiger charge is -2.25. The van der Waals surface area contributed by atoms with Crippen molar-refractivity contribution < 1.29 is 4.79 Å². The molecule has 0 radical (unpaired) electrons. The van der Waals surface area contributed by atoms with Gasteiger partial charge >= 0.3 is 0 Å². The lowest BCUT2D eigenvalue weighted by molar-refractivity contribution is -0.129. The van der Waals surface area contributed by atoms with Crippen LogP contribution in [-0.2, 0) is 11.2 Å². The molecule has 0 heterocycles. The highest BCUT2D eigenvalue weighted by Crippen LogP contribution is 2.37. The standard InChI is InChI=1S/C16H19NO/c1-13-7-5-6-10-16(12-17,15(13)18)11-14-8-3-2-4-9-14/h2-4,8-9,13H,5-7,10-11H2,1H3/t13-,16+/m1/s1. The van der Waals surface area contributed by atoms with Crippen molar-refractivity contribution in [1.82, 2.24) is 0 Å². The summed E-state index contributed by atoms with van der Waals surface area (Å²) in [6.07, 6.45) is 4.24. The molecule has 0 N–H and O–H groups in total. The van der Waals surface area contributed by atoms with Crippen LogP contribution in [0.5, 0.6) is 0 Å². The van der Waals surface area contributed by atoms with Crippen molar-refractivity contribution in [2.24, 2.45) is 11.3 Å². The van der Waals surface area contributed by atoms with Gasteiger partial charge in [-0.3, -0.25) is 4.79 Å². The van der Waals surface area contributed by atoms with Crippen LogP contribution in [0.4, 0.5) is 0 Å². The fraction of sp³-hybridized carbons (Fsp3) is 0.500. The van der Waals surface area contributed by atoms with Gasteiger partial charge in [0.25, 0.3) is 0 Å². The molecule has 2 nitrogen and oxygen atoms in total. The lowest BCUT2D eigenvalue weighted by atomic mass is 9.73. The van der Waals surface area contributed by atoms with E-state index in [4.69, 9.17) is 0 Å². The second-order valence-corrected chi connectivity index (χ2v) is 5.37. The molecule has 0 spiro atoms. The third-order valence-electron chi connectivity index (χ3n) is 3.97. The molecular formula is C16H19NO. The molecule has 0 bridgehead atoms. The summed E-state index contributed by atoms with van der Waals surface area (Å²) < 4.78 is 0. The van der Waals surface area contributed by atoms with E-state index in [1.807, 2.05) is 37.3 Å². The van der Waals surface area contributed by atoms with E-state index in [2.05, 4.69) is 6.07 Å². The van der Waals surface area contributed by atoms with E-state index in [0.29, 0.717) is 12.8 Å². The molecule has 0 aliphatic heterocycles. The van der Waals surface area contributed by atoms with Crippen LogP contribution in [0.15, 0.2) is 30.3 Å². The van der Waals surface area contributed by atoms with Gasteiger partial charge in [0.2, 0.25) is 0 Å². The van der Waals surface area contributed by atoms with E-state index < -0.39 is 5.41 Å². The van der Waals surface area contributed by atoms with Crippen LogP contribution in [0.25, 0.3) is 0 Å². The second-order valence-electron chi connectivity index (χ2n) is 5.37. The number of hydrogen-bond donors (Lipinski definition) is 0. The Bertz CT molecular complexity index is 460. The maximum atomic E-state index is 12.5. The molecule has 1 saturated carbocycles. The summed E-state index contributed by atoms with van der Waals surface area (Å²) in [7, 11) is 0. The molecule has 1 aromatic rings. The van der Waals surface area contributed by atoms with Gasteiger partial charge in [-0.05, 0) is 24.8 Å². The zero-order valence-corrected chi connectivity index (χ0v) is 10.9. The van der Waals surface area contributed by atoms with Crippen molar-refractivity contribution in [3.05, 3.63) is 35.9 Å². The van der Waals surface area contributed by atoms with Crippen molar-refractivity contribution in [2.75, 3.05) is 0 Å². The molecule has 0 unspecified atom stereocenters. The highest BCUT2D eigenvalue weighted by Gasteiger charge is 2.41. The molecule has 1 fully saturated rings. The van der Waals surface area contributed by atoms with Crippen molar-refractivity contribution in [3.8, 4) is 6.07 Å². The normalized spacial score (nSPS) is 28.4. The molecule has 2 heteroatoms. The summed E-state index contributed by atoms with van der Waals surface area (Å²) in [6.45, 7) is 1.96. The second kappa shape index (κ2) is 5.35. The minimum Gasteiger partial charge on any atom is -0.298 e. The van der Waals surface area contributed by atoms with E-state index in [1.165, 1.54) is 0 Å². The summed E-state index contributed by atoms with van der Waals surface area (Å²) in [5.41, 5.74) is 0.290. The maximum absolute atomic E-state index is 12.5. The molecule has 2 atom stereocenters. The molecule has 0 amide bonds. The molecule has 0 aromatic heterocycles. The largest absolute Gasteiger partial charge is 0.298 e. The summed E-state index contributed by atoms with van der Waals surface area (Å²) >= 11 is 0. The number of benzene rings is 1. The summed E-state index contributed by atoms with van der Waals surface area (Å²) in [5.74, 6) is 0.169. The quantitative estimate of drug-likeness (QED) is 0.743. The Morgan fingerprint density at radius 3 is 2.72 bits per heavy atom. The van der Waals surface area contributed by atoms with Gasteiger partial charge in [0.1, 0.15) is 5.41 Å². The summed E-state index contributed by atoms with van der Waals surface area (Å²) in [5, 5.41) is 9.55. The number of nitriles is 1. The van der Waals surface area contributed by atoms with E-state index in [1.54, 1.807) is 0 Å². The van der Waals surface area contributed by atoms with Gasteiger partial charge in [0.05, 0.1) is 6.07 Å². The Kier molecular flexibility index (Phi) is 3.81. The van der Waals surface area contributed by atoms with Crippen LogP contribution in [-0.4, -0.2) is 5.78 Å². The number of Topliss-reactive ketones (excluding diaryl/α,β-unsaturated/α-hetero) is 1.